The van der Waals surface area contributed by atoms with Gasteiger partial charge in [-0.25, -0.2) is 4.79 Å². The third kappa shape index (κ3) is 8.23. The lowest BCUT2D eigenvalue weighted by molar-refractivity contribution is -0.141. The number of azide groups is 1. The molecule has 0 spiro atoms. The van der Waals surface area contributed by atoms with Crippen LogP contribution in [0.4, 0.5) is 4.79 Å². The fourth-order valence-corrected chi connectivity index (χ4v) is 1.06. The average Bonchev–Trinajstić information content (AvgIpc) is 2.22. The summed E-state index contributed by atoms with van der Waals surface area (Å²) >= 11 is 0. The normalized spacial score (nSPS) is 12.0. The first kappa shape index (κ1) is 16.1. The van der Waals surface area contributed by atoms with E-state index in [0.717, 1.165) is 0 Å². The second-order valence-corrected chi connectivity index (χ2v) is 4.54. The van der Waals surface area contributed by atoms with Crippen molar-refractivity contribution in [3.05, 3.63) is 10.4 Å². The van der Waals surface area contributed by atoms with Crippen LogP contribution in [0.25, 0.3) is 10.4 Å². The fourth-order valence-electron chi connectivity index (χ4n) is 1.06. The Morgan fingerprint density at radius 3 is 2.50 bits per heavy atom. The second kappa shape index (κ2) is 7.39. The predicted octanol–water partition coefficient (Wildman–Crippen LogP) is 1.75. The highest BCUT2D eigenvalue weighted by Crippen LogP contribution is 2.07. The first-order chi connectivity index (χ1) is 8.28. The van der Waals surface area contributed by atoms with Crippen LogP contribution in [0.15, 0.2) is 5.11 Å². The Hall–Kier alpha value is -1.95. The Morgan fingerprint density at radius 2 is 2.06 bits per heavy atom. The van der Waals surface area contributed by atoms with Crippen LogP contribution in [0.3, 0.4) is 0 Å². The quantitative estimate of drug-likeness (QED) is 0.350. The third-order valence-corrected chi connectivity index (χ3v) is 1.73. The molecule has 0 aromatic carbocycles. The van der Waals surface area contributed by atoms with Crippen LogP contribution in [-0.2, 0) is 14.3 Å². The molecule has 0 saturated carbocycles. The van der Waals surface area contributed by atoms with Crippen molar-refractivity contribution in [3.63, 3.8) is 0 Å². The van der Waals surface area contributed by atoms with Crippen molar-refractivity contribution in [1.29, 1.82) is 0 Å². The van der Waals surface area contributed by atoms with Gasteiger partial charge in [-0.1, -0.05) is 5.11 Å². The molecule has 1 amide bonds. The maximum Gasteiger partial charge on any atom is 0.407 e. The molecule has 1 N–H and O–H groups in total. The van der Waals surface area contributed by atoms with Gasteiger partial charge in [-0.3, -0.25) is 4.79 Å². The van der Waals surface area contributed by atoms with E-state index in [9.17, 15) is 9.59 Å². The number of carbonyl (C=O) groups excluding carboxylic acids is 2. The fraction of sp³-hybridized carbons (Fsp3) is 0.800. The number of nitrogens with one attached hydrogen (secondary N) is 1. The van der Waals surface area contributed by atoms with Gasteiger partial charge in [-0.2, -0.15) is 0 Å². The molecule has 0 fully saturated rings. The Morgan fingerprint density at radius 1 is 1.44 bits per heavy atom. The van der Waals surface area contributed by atoms with Crippen molar-refractivity contribution in [1.82, 2.24) is 5.32 Å². The number of amides is 1. The molecule has 0 aliphatic heterocycles. The maximum atomic E-state index is 11.5. The molecule has 0 aliphatic rings. The summed E-state index contributed by atoms with van der Waals surface area (Å²) < 4.78 is 9.50. The Bertz CT molecular complexity index is 344. The van der Waals surface area contributed by atoms with Gasteiger partial charge in [0.2, 0.25) is 0 Å². The Balaban J connectivity index is 4.43. The molecule has 0 saturated heterocycles. The molecule has 0 bridgehead atoms. The van der Waals surface area contributed by atoms with Crippen LogP contribution in [-0.4, -0.2) is 37.4 Å². The zero-order valence-corrected chi connectivity index (χ0v) is 11.0. The topological polar surface area (TPSA) is 113 Å². The van der Waals surface area contributed by atoms with E-state index in [-0.39, 0.29) is 13.0 Å². The van der Waals surface area contributed by atoms with Crippen LogP contribution in [0.1, 0.15) is 27.2 Å². The molecular formula is C10H18N4O4. The van der Waals surface area contributed by atoms with Crippen LogP contribution >= 0.6 is 0 Å². The molecule has 0 radical (unpaired) electrons. The monoisotopic (exact) mass is 258 g/mol. The zero-order valence-electron chi connectivity index (χ0n) is 11.0. The van der Waals surface area contributed by atoms with Gasteiger partial charge in [0, 0.05) is 17.5 Å². The van der Waals surface area contributed by atoms with Crippen LogP contribution in [0, 0.1) is 0 Å². The molecular weight excluding hydrogens is 240 g/mol. The minimum absolute atomic E-state index is 0.0508. The number of esters is 1. The van der Waals surface area contributed by atoms with Gasteiger partial charge in [-0.05, 0) is 26.3 Å². The van der Waals surface area contributed by atoms with E-state index in [0.29, 0.717) is 0 Å². The van der Waals surface area contributed by atoms with E-state index in [1.165, 1.54) is 7.11 Å². The van der Waals surface area contributed by atoms with Crippen LogP contribution in [0.5, 0.6) is 0 Å². The standard InChI is InChI=1S/C10H18N4O4/c1-10(2,3)18-9(16)13-7(6-12-14-11)5-8(15)17-4/h7H,5-6H2,1-4H3,(H,13,16)/t7-/m0/s1. The third-order valence-electron chi connectivity index (χ3n) is 1.73. The number of nitrogens with zero attached hydrogens (tertiary/aromatic N) is 3. The van der Waals surface area contributed by atoms with Crippen LogP contribution in [0.2, 0.25) is 0 Å². The number of hydrogen-bond acceptors (Lipinski definition) is 5. The molecule has 8 nitrogen and oxygen atoms in total. The molecule has 0 aromatic rings. The highest BCUT2D eigenvalue weighted by Gasteiger charge is 2.21. The first-order valence-electron chi connectivity index (χ1n) is 5.35. The van der Waals surface area contributed by atoms with Gasteiger partial charge in [0.05, 0.1) is 13.5 Å². The van der Waals surface area contributed by atoms with E-state index < -0.39 is 23.7 Å². The van der Waals surface area contributed by atoms with Gasteiger partial charge >= 0.3 is 12.1 Å². The first-order valence-corrected chi connectivity index (χ1v) is 5.35. The molecule has 18 heavy (non-hydrogen) atoms. The van der Waals surface area contributed by atoms with Crippen molar-refractivity contribution in [2.24, 2.45) is 5.11 Å². The molecule has 1 atom stereocenters. The molecule has 0 unspecified atom stereocenters. The van der Waals surface area contributed by atoms with Crippen molar-refractivity contribution in [2.45, 2.75) is 38.8 Å². The molecule has 0 aliphatic carbocycles. The molecule has 8 heteroatoms. The number of rotatable bonds is 5. The van der Waals surface area contributed by atoms with E-state index in [2.05, 4.69) is 20.1 Å². The number of ether oxygens (including phenoxy) is 2. The number of carbonyl (C=O) groups is 2. The Labute approximate surface area is 105 Å². The van der Waals surface area contributed by atoms with Gasteiger partial charge < -0.3 is 14.8 Å². The minimum Gasteiger partial charge on any atom is -0.469 e. The van der Waals surface area contributed by atoms with E-state index in [1.54, 1.807) is 20.8 Å². The lowest BCUT2D eigenvalue weighted by Crippen LogP contribution is -2.41. The molecule has 102 valence electrons. The minimum atomic E-state index is -0.676. The number of methoxy groups -OCH3 is 1. The predicted molar refractivity (Wildman–Crippen MR) is 63.8 cm³/mol. The smallest absolute Gasteiger partial charge is 0.407 e. The van der Waals surface area contributed by atoms with Crippen molar-refractivity contribution >= 4 is 12.1 Å². The summed E-state index contributed by atoms with van der Waals surface area (Å²) in [6.07, 6.45) is -0.765. The average molecular weight is 258 g/mol. The Kier molecular flexibility index (Phi) is 6.59. The van der Waals surface area contributed by atoms with Crippen molar-refractivity contribution in [2.75, 3.05) is 13.7 Å². The van der Waals surface area contributed by atoms with Crippen LogP contribution < -0.4 is 5.32 Å². The largest absolute Gasteiger partial charge is 0.469 e. The highest BCUT2D eigenvalue weighted by molar-refractivity contribution is 5.72. The van der Waals surface area contributed by atoms with Gasteiger partial charge in [0.25, 0.3) is 0 Å². The summed E-state index contributed by atoms with van der Waals surface area (Å²) in [5, 5.41) is 5.76. The number of hydrogen-bond donors (Lipinski definition) is 1. The van der Waals surface area contributed by atoms with Crippen molar-refractivity contribution < 1.29 is 19.1 Å². The summed E-state index contributed by atoms with van der Waals surface area (Å²) in [5.74, 6) is -0.510. The van der Waals surface area contributed by atoms with E-state index in [1.807, 2.05) is 0 Å². The molecule has 0 rings (SSSR count). The SMILES string of the molecule is COC(=O)C[C@@H](CN=[N+]=[N-])NC(=O)OC(C)(C)C. The summed E-state index contributed by atoms with van der Waals surface area (Å²) in [6, 6.07) is -0.650. The van der Waals surface area contributed by atoms with Gasteiger partial charge in [0.1, 0.15) is 5.60 Å². The zero-order chi connectivity index (χ0) is 14.2. The number of alkyl carbamates (subject to hydrolysis) is 1. The summed E-state index contributed by atoms with van der Waals surface area (Å²) in [7, 11) is 1.24. The molecule has 0 aromatic heterocycles. The second-order valence-electron chi connectivity index (χ2n) is 4.54. The van der Waals surface area contributed by atoms with E-state index in [4.69, 9.17) is 10.3 Å². The lowest BCUT2D eigenvalue weighted by Gasteiger charge is -2.22. The van der Waals surface area contributed by atoms with Gasteiger partial charge in [0.15, 0.2) is 0 Å². The maximum absolute atomic E-state index is 11.5. The lowest BCUT2D eigenvalue weighted by atomic mass is 10.2. The van der Waals surface area contributed by atoms with Crippen molar-refractivity contribution in [3.8, 4) is 0 Å². The summed E-state index contributed by atoms with van der Waals surface area (Å²) in [4.78, 5) is 25.2. The summed E-state index contributed by atoms with van der Waals surface area (Å²) in [5.41, 5.74) is 7.58. The summed E-state index contributed by atoms with van der Waals surface area (Å²) in [6.45, 7) is 5.10. The van der Waals surface area contributed by atoms with Gasteiger partial charge in [-0.15, -0.1) is 0 Å². The highest BCUT2D eigenvalue weighted by atomic mass is 16.6. The molecule has 0 heterocycles. The van der Waals surface area contributed by atoms with E-state index >= 15 is 0 Å².